The van der Waals surface area contributed by atoms with E-state index in [9.17, 15) is 8.78 Å². The zero-order chi connectivity index (χ0) is 90.0. The summed E-state index contributed by atoms with van der Waals surface area (Å²) in [5, 5.41) is 20.5. The van der Waals surface area contributed by atoms with Crippen LogP contribution in [0.25, 0.3) is 43.6 Å². The number of aromatic nitrogens is 10. The van der Waals surface area contributed by atoms with Crippen LogP contribution < -0.4 is 40.9 Å². The molecule has 0 amide bonds. The van der Waals surface area contributed by atoms with Gasteiger partial charge in [-0.05, 0) is 337 Å². The highest BCUT2D eigenvalue weighted by molar-refractivity contribution is 6.32. The van der Waals surface area contributed by atoms with E-state index in [1.165, 1.54) is 23.3 Å². The van der Waals surface area contributed by atoms with Crippen molar-refractivity contribution in [2.45, 2.75) is 121 Å². The Kier molecular flexibility index (Phi) is 33.1. The van der Waals surface area contributed by atoms with Crippen LogP contribution in [0.2, 0.25) is 20.1 Å². The van der Waals surface area contributed by atoms with Gasteiger partial charge in [-0.3, -0.25) is 19.9 Å². The molecule has 0 saturated heterocycles. The number of halogens is 6. The second-order valence-corrected chi connectivity index (χ2v) is 32.6. The molecule has 0 atom stereocenters. The maximum Gasteiger partial charge on any atom is 0.225 e. The molecule has 18 nitrogen and oxygen atoms in total. The Balaban J connectivity index is 0.000000146. The van der Waals surface area contributed by atoms with Crippen molar-refractivity contribution in [3.05, 3.63) is 343 Å². The maximum atomic E-state index is 14.6. The van der Waals surface area contributed by atoms with E-state index in [0.717, 1.165) is 225 Å². The molecule has 16 aromatic rings. The summed E-state index contributed by atoms with van der Waals surface area (Å²) in [4.78, 5) is 54.7. The molecule has 0 bridgehead atoms. The van der Waals surface area contributed by atoms with Crippen molar-refractivity contribution in [2.24, 2.45) is 0 Å². The summed E-state index contributed by atoms with van der Waals surface area (Å²) in [6.07, 6.45) is 13.1. The molecule has 8 aromatic heterocycles. The lowest BCUT2D eigenvalue weighted by atomic mass is 10.1. The number of nitrogens with one attached hydrogen (secondary N) is 4. The normalized spacial score (nSPS) is 11.0. The maximum absolute atomic E-state index is 14.6. The molecule has 0 unspecified atom stereocenters. The van der Waals surface area contributed by atoms with Crippen LogP contribution in [0.5, 0.6) is 0 Å². The van der Waals surface area contributed by atoms with Gasteiger partial charge < -0.3 is 40.9 Å². The van der Waals surface area contributed by atoms with Crippen molar-refractivity contribution in [2.75, 3.05) is 93.2 Å². The highest BCUT2D eigenvalue weighted by Crippen LogP contribution is 2.34. The fraction of sp³-hybridized carbons (Fsp3) is 0.250. The van der Waals surface area contributed by atoms with E-state index in [-0.39, 0.29) is 11.6 Å². The smallest absolute Gasteiger partial charge is 0.225 e. The van der Waals surface area contributed by atoms with Gasteiger partial charge in [-0.2, -0.15) is 0 Å². The molecule has 16 rings (SSSR count). The third kappa shape index (κ3) is 25.4. The Morgan fingerprint density at radius 1 is 0.273 bits per heavy atom. The molecule has 128 heavy (non-hydrogen) atoms. The Labute approximate surface area is 769 Å². The number of nitrogens with zero attached hydrogens (tertiary/aromatic N) is 14. The first-order valence-corrected chi connectivity index (χ1v) is 45.4. The number of anilines is 12. The van der Waals surface area contributed by atoms with E-state index in [1.54, 1.807) is 36.9 Å². The van der Waals surface area contributed by atoms with Gasteiger partial charge in [-0.15, -0.1) is 0 Å². The number of hydrogen-bond acceptors (Lipinski definition) is 18. The predicted octanol–water partition coefficient (Wildman–Crippen LogP) is 26.3. The van der Waals surface area contributed by atoms with Gasteiger partial charge in [0.2, 0.25) is 11.9 Å². The number of benzene rings is 8. The fourth-order valence-corrected chi connectivity index (χ4v) is 16.0. The highest BCUT2D eigenvalue weighted by Gasteiger charge is 2.17. The second-order valence-electron chi connectivity index (χ2n) is 30.9. The van der Waals surface area contributed by atoms with E-state index < -0.39 is 0 Å². The topological polar surface area (TPSA) is 190 Å². The molecular weight excluding hydrogens is 1680 g/mol. The van der Waals surface area contributed by atoms with Gasteiger partial charge in [0, 0.05) is 198 Å². The summed E-state index contributed by atoms with van der Waals surface area (Å²) >= 11 is 24.4. The van der Waals surface area contributed by atoms with Crippen molar-refractivity contribution in [3.63, 3.8) is 0 Å². The summed E-state index contributed by atoms with van der Waals surface area (Å²) in [5.74, 6) is 3.15. The first-order chi connectivity index (χ1) is 62.2. The SMILES string of the molecule is CCN(CC)c1cccc(CCc2cc(Nc3ccnc4cc(Cl)ccc34)ccc2F)n1.CCN(CC)c1cccc(CCc2cccc(Nc3ccnc4cc(Cl)ccc34)c2)n1.CCN(CC)c1nc(C)cc(CCc2cc(Nc3ccnc4cc(Cl)ccc34)ccc2F)n1.CCN(CC)c1nc(C)cc(CCc2cccc(Nc3ccnc4cc(Cl)ccc34)c2)n1. The summed E-state index contributed by atoms with van der Waals surface area (Å²) < 4.78 is 29.2. The van der Waals surface area contributed by atoms with Gasteiger partial charge in [0.1, 0.15) is 23.3 Å². The molecule has 4 N–H and O–H groups in total. The van der Waals surface area contributed by atoms with Gasteiger partial charge in [0.15, 0.2) is 0 Å². The first kappa shape index (κ1) is 92.9. The quantitative estimate of drug-likeness (QED) is 0.0311. The molecular formula is C104H108Cl4F2N18. The number of aryl methyl sites for hydroxylation is 10. The Hall–Kier alpha value is -12.7. The summed E-state index contributed by atoms with van der Waals surface area (Å²) in [6.45, 7) is 28.3. The van der Waals surface area contributed by atoms with E-state index >= 15 is 0 Å². The molecule has 24 heteroatoms. The highest BCUT2D eigenvalue weighted by atomic mass is 35.5. The lowest BCUT2D eigenvalue weighted by Crippen LogP contribution is -2.24. The predicted molar refractivity (Wildman–Crippen MR) is 532 cm³/mol. The molecule has 0 fully saturated rings. The van der Waals surface area contributed by atoms with E-state index in [1.807, 2.05) is 147 Å². The van der Waals surface area contributed by atoms with Crippen LogP contribution in [0.4, 0.5) is 77.8 Å². The minimum Gasteiger partial charge on any atom is -0.357 e. The third-order valence-electron chi connectivity index (χ3n) is 22.2. The van der Waals surface area contributed by atoms with Gasteiger partial charge in [-0.1, -0.05) is 82.8 Å². The zero-order valence-electron chi connectivity index (χ0n) is 74.1. The first-order valence-electron chi connectivity index (χ1n) is 43.9. The van der Waals surface area contributed by atoms with Crippen molar-refractivity contribution < 1.29 is 8.78 Å². The number of fused-ring (bicyclic) bond motifs is 4. The number of hydrogen-bond donors (Lipinski definition) is 4. The third-order valence-corrected chi connectivity index (χ3v) is 23.1. The molecule has 0 spiro atoms. The summed E-state index contributed by atoms with van der Waals surface area (Å²) in [6, 6.07) is 74.3. The molecule has 0 radical (unpaired) electrons. The van der Waals surface area contributed by atoms with Gasteiger partial charge >= 0.3 is 0 Å². The van der Waals surface area contributed by atoms with Crippen LogP contribution >= 0.6 is 46.4 Å². The average Bonchev–Trinajstić information content (AvgIpc) is 0.816. The lowest BCUT2D eigenvalue weighted by Gasteiger charge is -2.20. The van der Waals surface area contributed by atoms with Crippen LogP contribution in [0.3, 0.4) is 0 Å². The summed E-state index contributed by atoms with van der Waals surface area (Å²) in [7, 11) is 0. The Morgan fingerprint density at radius 3 is 0.914 bits per heavy atom. The number of rotatable bonds is 32. The standard InChI is InChI=1S/C26H27ClFN5.C26H26ClFN4.C26H28ClN5.C26H27ClN4/c1-4-33(5-2)26-30-17(3)14-20(32-26)8-6-18-15-21(9-11-23(18)28)31-24-12-13-29-25-16-19(27)7-10-22(24)25;1-3-32(4-2)26-7-5-6-20(31-26)10-8-18-16-21(11-13-23(18)28)30-24-14-15-29-25-17-19(27)9-12-22(24)25;1-4-32(5-2)26-29-18(3)15-22(31-26)11-9-19-7-6-8-21(16-19)30-24-13-14-28-25-17-20(27)10-12-23(24)25;1-3-31(4-2)26-10-6-8-21(30-26)13-11-19-7-5-9-22(17-19)29-24-15-16-28-25-18-20(27)12-14-23(24)25/h7,9-16H,4-6,8H2,1-3H3,(H,29,31);5-7,9,11-17H,3-4,8,10H2,1-2H3,(H,29,30);6-8,10,12-17H,4-5,9,11H2,1-3H3,(H,28,30);5-10,12,14-18H,3-4,11,13H2,1-2H3,(H,28,29). The van der Waals surface area contributed by atoms with Crippen LogP contribution in [-0.2, 0) is 51.4 Å². The molecule has 656 valence electrons. The monoisotopic (exact) mass is 1790 g/mol. The lowest BCUT2D eigenvalue weighted by molar-refractivity contribution is 0.608. The van der Waals surface area contributed by atoms with Gasteiger partial charge in [-0.25, -0.2) is 38.7 Å². The van der Waals surface area contributed by atoms with Crippen molar-refractivity contribution >= 4 is 159 Å². The van der Waals surface area contributed by atoms with Crippen LogP contribution in [0.1, 0.15) is 112 Å². The second kappa shape index (κ2) is 45.6. The zero-order valence-corrected chi connectivity index (χ0v) is 77.1. The molecule has 8 aromatic carbocycles. The fourth-order valence-electron chi connectivity index (χ4n) is 15.4. The van der Waals surface area contributed by atoms with Crippen LogP contribution in [0.15, 0.2) is 255 Å². The van der Waals surface area contributed by atoms with E-state index in [2.05, 4.69) is 199 Å². The minimum atomic E-state index is -0.221. The molecule has 8 heterocycles. The average molecular weight is 1790 g/mol. The molecule has 0 aliphatic rings. The number of pyridine rings is 6. The van der Waals surface area contributed by atoms with Gasteiger partial charge in [0.25, 0.3) is 0 Å². The van der Waals surface area contributed by atoms with Crippen LogP contribution in [-0.4, -0.2) is 102 Å². The molecule has 0 aliphatic carbocycles. The van der Waals surface area contributed by atoms with Crippen molar-refractivity contribution in [3.8, 4) is 0 Å². The Morgan fingerprint density at radius 2 is 0.578 bits per heavy atom. The van der Waals surface area contributed by atoms with Crippen molar-refractivity contribution in [1.82, 2.24) is 49.8 Å². The van der Waals surface area contributed by atoms with Gasteiger partial charge in [0.05, 0.1) is 22.1 Å². The van der Waals surface area contributed by atoms with Crippen molar-refractivity contribution in [1.29, 1.82) is 0 Å². The van der Waals surface area contributed by atoms with Crippen LogP contribution in [0, 0.1) is 25.5 Å². The minimum absolute atomic E-state index is 0.207. The molecule has 0 aliphatic heterocycles. The summed E-state index contributed by atoms with van der Waals surface area (Å²) in [5.41, 5.74) is 20.8. The largest absolute Gasteiger partial charge is 0.357 e. The van der Waals surface area contributed by atoms with E-state index in [0.29, 0.717) is 56.9 Å². The van der Waals surface area contributed by atoms with E-state index in [4.69, 9.17) is 66.3 Å². The Bertz CT molecular complexity index is 6430. The molecule has 0 saturated carbocycles.